The lowest BCUT2D eigenvalue weighted by Crippen LogP contribution is -2.46. The van der Waals surface area contributed by atoms with Crippen molar-refractivity contribution in [1.82, 2.24) is 10.6 Å². The predicted octanol–water partition coefficient (Wildman–Crippen LogP) is 0.988. The van der Waals surface area contributed by atoms with Crippen LogP contribution in [0.2, 0.25) is 0 Å². The maximum Gasteiger partial charge on any atom is 0.327 e. The number of carboxylic acids is 1. The van der Waals surface area contributed by atoms with Crippen LogP contribution in [0.15, 0.2) is 17.5 Å². The molecule has 0 fully saturated rings. The van der Waals surface area contributed by atoms with E-state index in [4.69, 9.17) is 5.11 Å². The van der Waals surface area contributed by atoms with Gasteiger partial charge in [0, 0.05) is 24.4 Å². The van der Waals surface area contributed by atoms with Crippen LogP contribution in [0.4, 0.5) is 0 Å². The first kappa shape index (κ1) is 13.7. The van der Waals surface area contributed by atoms with Gasteiger partial charge in [-0.15, -0.1) is 11.3 Å². The summed E-state index contributed by atoms with van der Waals surface area (Å²) in [4.78, 5) is 22.8. The second-order valence-corrected chi connectivity index (χ2v) is 4.72. The Balaban J connectivity index is 2.46. The summed E-state index contributed by atoms with van der Waals surface area (Å²) >= 11 is 1.61. The van der Waals surface area contributed by atoms with Crippen LogP contribution in [-0.4, -0.2) is 29.6 Å². The molecule has 0 aliphatic carbocycles. The minimum absolute atomic E-state index is 0.0746. The first-order valence-corrected chi connectivity index (χ1v) is 6.15. The number of hydrogen-bond acceptors (Lipinski definition) is 4. The molecule has 1 amide bonds. The fraction of sp³-hybridized carbons (Fsp3) is 0.455. The number of carboxylic acid groups (broad SMARTS) is 1. The van der Waals surface area contributed by atoms with Crippen LogP contribution >= 0.6 is 11.3 Å². The molecule has 5 nitrogen and oxygen atoms in total. The van der Waals surface area contributed by atoms with E-state index in [1.165, 1.54) is 6.92 Å². The largest absolute Gasteiger partial charge is 0.480 e. The van der Waals surface area contributed by atoms with Crippen LogP contribution in [-0.2, 0) is 9.59 Å². The van der Waals surface area contributed by atoms with E-state index in [0.29, 0.717) is 0 Å². The third-order valence-electron chi connectivity index (χ3n) is 2.27. The van der Waals surface area contributed by atoms with Crippen molar-refractivity contribution in [2.75, 3.05) is 6.54 Å². The molecule has 1 rings (SSSR count). The highest BCUT2D eigenvalue weighted by molar-refractivity contribution is 7.10. The fourth-order valence-electron chi connectivity index (χ4n) is 1.38. The van der Waals surface area contributed by atoms with Crippen molar-refractivity contribution in [3.63, 3.8) is 0 Å². The average Bonchev–Trinajstić information content (AvgIpc) is 2.76. The second-order valence-electron chi connectivity index (χ2n) is 3.74. The predicted molar refractivity (Wildman–Crippen MR) is 66.0 cm³/mol. The van der Waals surface area contributed by atoms with Gasteiger partial charge in [0.25, 0.3) is 0 Å². The monoisotopic (exact) mass is 256 g/mol. The van der Waals surface area contributed by atoms with E-state index < -0.39 is 12.0 Å². The first-order valence-electron chi connectivity index (χ1n) is 5.27. The highest BCUT2D eigenvalue weighted by Gasteiger charge is 2.19. The van der Waals surface area contributed by atoms with Gasteiger partial charge < -0.3 is 15.7 Å². The molecule has 0 saturated carbocycles. The number of carbonyl (C=O) groups excluding carboxylic acids is 1. The molecule has 0 radical (unpaired) electrons. The minimum atomic E-state index is -1.04. The molecular weight excluding hydrogens is 240 g/mol. The Kier molecular flexibility index (Phi) is 5.11. The zero-order valence-corrected chi connectivity index (χ0v) is 10.6. The molecule has 0 aromatic carbocycles. The highest BCUT2D eigenvalue weighted by Crippen LogP contribution is 2.17. The standard InChI is InChI=1S/C11H16N2O3S/c1-7(10-4-3-5-17-10)12-6-9(11(15)16)13-8(2)14/h3-5,7,9,12H,6H2,1-2H3,(H,13,14)(H,15,16). The molecule has 0 bridgehead atoms. The van der Waals surface area contributed by atoms with E-state index in [0.717, 1.165) is 4.88 Å². The molecule has 0 aliphatic rings. The highest BCUT2D eigenvalue weighted by atomic mass is 32.1. The van der Waals surface area contributed by atoms with Crippen LogP contribution in [0.5, 0.6) is 0 Å². The number of hydrogen-bond donors (Lipinski definition) is 3. The van der Waals surface area contributed by atoms with Crippen molar-refractivity contribution in [1.29, 1.82) is 0 Å². The number of aliphatic carboxylic acids is 1. The van der Waals surface area contributed by atoms with Gasteiger partial charge in [0.2, 0.25) is 5.91 Å². The van der Waals surface area contributed by atoms with Crippen LogP contribution in [0, 0.1) is 0 Å². The maximum atomic E-state index is 10.9. The molecule has 6 heteroatoms. The van der Waals surface area contributed by atoms with Crippen molar-refractivity contribution in [3.8, 4) is 0 Å². The van der Waals surface area contributed by atoms with Gasteiger partial charge in [-0.2, -0.15) is 0 Å². The number of thiophene rings is 1. The molecule has 0 saturated heterocycles. The Morgan fingerprint density at radius 3 is 2.71 bits per heavy atom. The van der Waals surface area contributed by atoms with Gasteiger partial charge >= 0.3 is 5.97 Å². The fourth-order valence-corrected chi connectivity index (χ4v) is 2.14. The van der Waals surface area contributed by atoms with Crippen molar-refractivity contribution in [3.05, 3.63) is 22.4 Å². The summed E-state index contributed by atoms with van der Waals surface area (Å²) in [6.07, 6.45) is 0. The van der Waals surface area contributed by atoms with Gasteiger partial charge in [-0.1, -0.05) is 6.07 Å². The van der Waals surface area contributed by atoms with Crippen LogP contribution in [0.25, 0.3) is 0 Å². The summed E-state index contributed by atoms with van der Waals surface area (Å²) in [5.41, 5.74) is 0. The number of nitrogens with one attached hydrogen (secondary N) is 2. The molecule has 3 N–H and O–H groups in total. The zero-order valence-electron chi connectivity index (χ0n) is 9.77. The molecule has 17 heavy (non-hydrogen) atoms. The SMILES string of the molecule is CC(=O)NC(CNC(C)c1cccs1)C(=O)O. The smallest absolute Gasteiger partial charge is 0.327 e. The van der Waals surface area contributed by atoms with Crippen LogP contribution < -0.4 is 10.6 Å². The van der Waals surface area contributed by atoms with E-state index in [-0.39, 0.29) is 18.5 Å². The first-order chi connectivity index (χ1) is 8.00. The normalized spacial score (nSPS) is 14.0. The topological polar surface area (TPSA) is 78.4 Å². The molecule has 1 aromatic heterocycles. The summed E-state index contributed by atoms with van der Waals surface area (Å²) in [6.45, 7) is 3.46. The summed E-state index contributed by atoms with van der Waals surface area (Å²) < 4.78 is 0. The summed E-state index contributed by atoms with van der Waals surface area (Å²) in [7, 11) is 0. The molecule has 94 valence electrons. The number of carbonyl (C=O) groups is 2. The average molecular weight is 256 g/mol. The zero-order chi connectivity index (χ0) is 12.8. The van der Waals surface area contributed by atoms with Crippen molar-refractivity contribution >= 4 is 23.2 Å². The third kappa shape index (κ3) is 4.54. The Bertz CT molecular complexity index is 378. The molecular formula is C11H16N2O3S. The van der Waals surface area contributed by atoms with Crippen molar-refractivity contribution in [2.45, 2.75) is 25.9 Å². The van der Waals surface area contributed by atoms with Crippen molar-refractivity contribution in [2.24, 2.45) is 0 Å². The van der Waals surface area contributed by atoms with Gasteiger partial charge in [-0.3, -0.25) is 4.79 Å². The number of rotatable bonds is 6. The van der Waals surface area contributed by atoms with E-state index >= 15 is 0 Å². The van der Waals surface area contributed by atoms with E-state index in [1.807, 2.05) is 24.4 Å². The lowest BCUT2D eigenvalue weighted by atomic mass is 10.2. The van der Waals surface area contributed by atoms with Crippen LogP contribution in [0.1, 0.15) is 24.8 Å². The lowest BCUT2D eigenvalue weighted by Gasteiger charge is -2.17. The van der Waals surface area contributed by atoms with Gasteiger partial charge in [0.15, 0.2) is 0 Å². The Morgan fingerprint density at radius 1 is 1.53 bits per heavy atom. The van der Waals surface area contributed by atoms with Gasteiger partial charge in [0.1, 0.15) is 6.04 Å². The number of amides is 1. The Morgan fingerprint density at radius 2 is 2.24 bits per heavy atom. The summed E-state index contributed by atoms with van der Waals surface area (Å²) in [6, 6.07) is 3.11. The summed E-state index contributed by atoms with van der Waals surface area (Å²) in [5, 5.41) is 16.4. The van der Waals surface area contributed by atoms with E-state index in [1.54, 1.807) is 11.3 Å². The minimum Gasteiger partial charge on any atom is -0.480 e. The van der Waals surface area contributed by atoms with E-state index in [9.17, 15) is 9.59 Å². The molecule has 2 atom stereocenters. The van der Waals surface area contributed by atoms with Gasteiger partial charge in [0.05, 0.1) is 0 Å². The van der Waals surface area contributed by atoms with Crippen molar-refractivity contribution < 1.29 is 14.7 Å². The molecule has 2 unspecified atom stereocenters. The molecule has 0 aliphatic heterocycles. The van der Waals surface area contributed by atoms with Gasteiger partial charge in [-0.25, -0.2) is 4.79 Å². The molecule has 0 spiro atoms. The van der Waals surface area contributed by atoms with Gasteiger partial charge in [-0.05, 0) is 18.4 Å². The second kappa shape index (κ2) is 6.36. The quantitative estimate of drug-likeness (QED) is 0.709. The Labute approximate surface area is 104 Å². The molecule has 1 heterocycles. The van der Waals surface area contributed by atoms with E-state index in [2.05, 4.69) is 10.6 Å². The third-order valence-corrected chi connectivity index (χ3v) is 3.33. The maximum absolute atomic E-state index is 10.9. The lowest BCUT2D eigenvalue weighted by molar-refractivity contribution is -0.141. The molecule has 1 aromatic rings. The Hall–Kier alpha value is -1.40. The summed E-state index contributed by atoms with van der Waals surface area (Å²) in [5.74, 6) is -1.38. The van der Waals surface area contributed by atoms with Crippen LogP contribution in [0.3, 0.4) is 0 Å².